The smallest absolute Gasteiger partial charge is 0.0281 e. The lowest BCUT2D eigenvalue weighted by Crippen LogP contribution is -2.27. The molecule has 0 aromatic heterocycles. The molecule has 0 nitrogen and oxygen atoms in total. The van der Waals surface area contributed by atoms with E-state index in [0.29, 0.717) is 0 Å². The molecule has 2 aromatic carbocycles. The SMILES string of the molecule is CC.CC.CC.Cc1ccc(C#Cc2cc3c(cc2C)C2CCC(C)CC2CC3)cc1. The fraction of sp³-hybridized carbons (Fsp3) is 0.548. The molecular formula is C31H46. The summed E-state index contributed by atoms with van der Waals surface area (Å²) in [5.74, 6) is 9.42. The van der Waals surface area contributed by atoms with Gasteiger partial charge in [0.15, 0.2) is 0 Å². The van der Waals surface area contributed by atoms with E-state index in [1.807, 2.05) is 41.5 Å². The van der Waals surface area contributed by atoms with Crippen LogP contribution in [0.4, 0.5) is 0 Å². The van der Waals surface area contributed by atoms with Gasteiger partial charge < -0.3 is 0 Å². The lowest BCUT2D eigenvalue weighted by molar-refractivity contribution is 0.221. The van der Waals surface area contributed by atoms with Crippen molar-refractivity contribution in [1.82, 2.24) is 0 Å². The van der Waals surface area contributed by atoms with Gasteiger partial charge in [0.2, 0.25) is 0 Å². The minimum Gasteiger partial charge on any atom is -0.0683 e. The van der Waals surface area contributed by atoms with Crippen LogP contribution in [0.15, 0.2) is 36.4 Å². The van der Waals surface area contributed by atoms with Gasteiger partial charge in [-0.25, -0.2) is 0 Å². The van der Waals surface area contributed by atoms with Crippen LogP contribution in [0.2, 0.25) is 0 Å². The van der Waals surface area contributed by atoms with Gasteiger partial charge in [-0.05, 0) is 92.2 Å². The maximum absolute atomic E-state index is 3.43. The van der Waals surface area contributed by atoms with Crippen molar-refractivity contribution < 1.29 is 0 Å². The first-order valence-corrected chi connectivity index (χ1v) is 12.8. The van der Waals surface area contributed by atoms with Crippen LogP contribution in [-0.2, 0) is 6.42 Å². The Labute approximate surface area is 193 Å². The van der Waals surface area contributed by atoms with Crippen LogP contribution in [0.5, 0.6) is 0 Å². The van der Waals surface area contributed by atoms with Crippen LogP contribution >= 0.6 is 0 Å². The molecule has 0 heteroatoms. The number of fused-ring (bicyclic) bond motifs is 3. The molecule has 3 atom stereocenters. The minimum atomic E-state index is 0.803. The Kier molecular flexibility index (Phi) is 12.3. The van der Waals surface area contributed by atoms with Gasteiger partial charge in [-0.15, -0.1) is 0 Å². The molecular weight excluding hydrogens is 372 g/mol. The average Bonchev–Trinajstić information content (AvgIpc) is 2.82. The molecule has 1 saturated carbocycles. The summed E-state index contributed by atoms with van der Waals surface area (Å²) in [6.45, 7) is 18.8. The first-order chi connectivity index (χ1) is 15.1. The summed E-state index contributed by atoms with van der Waals surface area (Å²) in [5.41, 5.74) is 8.15. The molecule has 2 aliphatic carbocycles. The van der Waals surface area contributed by atoms with E-state index in [0.717, 1.165) is 23.3 Å². The van der Waals surface area contributed by atoms with Crippen molar-refractivity contribution in [3.8, 4) is 11.8 Å². The maximum atomic E-state index is 3.43. The van der Waals surface area contributed by atoms with E-state index in [1.54, 1.807) is 11.1 Å². The average molecular weight is 419 g/mol. The molecule has 31 heavy (non-hydrogen) atoms. The maximum Gasteiger partial charge on any atom is 0.0281 e. The van der Waals surface area contributed by atoms with Gasteiger partial charge in [-0.3, -0.25) is 0 Å². The van der Waals surface area contributed by atoms with Crippen molar-refractivity contribution >= 4 is 0 Å². The first-order valence-electron chi connectivity index (χ1n) is 12.8. The second kappa shape index (κ2) is 14.1. The van der Waals surface area contributed by atoms with Crippen LogP contribution in [0.1, 0.15) is 113 Å². The first kappa shape index (κ1) is 27.0. The molecule has 0 saturated heterocycles. The molecule has 0 amide bonds. The van der Waals surface area contributed by atoms with E-state index < -0.39 is 0 Å². The van der Waals surface area contributed by atoms with E-state index in [2.05, 4.69) is 69.0 Å². The zero-order chi connectivity index (χ0) is 23.4. The van der Waals surface area contributed by atoms with Crippen molar-refractivity contribution in [3.05, 3.63) is 69.8 Å². The molecule has 3 unspecified atom stereocenters. The van der Waals surface area contributed by atoms with Crippen LogP contribution in [-0.4, -0.2) is 0 Å². The van der Waals surface area contributed by atoms with Crippen LogP contribution in [0.3, 0.4) is 0 Å². The molecule has 0 radical (unpaired) electrons. The molecule has 1 fully saturated rings. The summed E-state index contributed by atoms with van der Waals surface area (Å²) in [7, 11) is 0. The van der Waals surface area contributed by atoms with E-state index >= 15 is 0 Å². The van der Waals surface area contributed by atoms with Gasteiger partial charge in [-0.1, -0.05) is 90.5 Å². The molecule has 2 aliphatic rings. The second-order valence-electron chi connectivity index (χ2n) is 8.31. The van der Waals surface area contributed by atoms with E-state index in [-0.39, 0.29) is 0 Å². The predicted molar refractivity (Wildman–Crippen MR) is 140 cm³/mol. The fourth-order valence-corrected chi connectivity index (χ4v) is 4.82. The third kappa shape index (κ3) is 7.28. The molecule has 0 aliphatic heterocycles. The third-order valence-corrected chi connectivity index (χ3v) is 6.31. The quantitative estimate of drug-likeness (QED) is 0.374. The zero-order valence-corrected chi connectivity index (χ0v) is 21.7. The Morgan fingerprint density at radius 3 is 2.06 bits per heavy atom. The predicted octanol–water partition coefficient (Wildman–Crippen LogP) is 9.25. The van der Waals surface area contributed by atoms with Crippen molar-refractivity contribution in [2.24, 2.45) is 11.8 Å². The summed E-state index contributed by atoms with van der Waals surface area (Å²) in [6, 6.07) is 13.3. The molecule has 0 bridgehead atoms. The van der Waals surface area contributed by atoms with Gasteiger partial charge in [0, 0.05) is 11.1 Å². The Hall–Kier alpha value is -2.00. The molecule has 0 N–H and O–H groups in total. The van der Waals surface area contributed by atoms with Gasteiger partial charge in [0.25, 0.3) is 0 Å². The van der Waals surface area contributed by atoms with Gasteiger partial charge >= 0.3 is 0 Å². The lowest BCUT2D eigenvalue weighted by atomic mass is 9.65. The number of hydrogen-bond acceptors (Lipinski definition) is 0. The largest absolute Gasteiger partial charge is 0.0683 e. The van der Waals surface area contributed by atoms with Crippen LogP contribution in [0, 0.1) is 37.5 Å². The topological polar surface area (TPSA) is 0 Å². The molecule has 4 rings (SSSR count). The summed E-state index contributed by atoms with van der Waals surface area (Å²) in [5, 5.41) is 0. The Bertz CT molecular complexity index is 829. The number of rotatable bonds is 0. The lowest BCUT2D eigenvalue weighted by Gasteiger charge is -2.40. The molecule has 2 aromatic rings. The number of benzene rings is 2. The van der Waals surface area contributed by atoms with E-state index in [4.69, 9.17) is 0 Å². The molecule has 0 spiro atoms. The number of aryl methyl sites for hydroxylation is 3. The van der Waals surface area contributed by atoms with Gasteiger partial charge in [0.1, 0.15) is 0 Å². The highest BCUT2D eigenvalue weighted by Crippen LogP contribution is 2.47. The monoisotopic (exact) mass is 418 g/mol. The van der Waals surface area contributed by atoms with Crippen LogP contribution < -0.4 is 0 Å². The fourth-order valence-electron chi connectivity index (χ4n) is 4.82. The molecule has 170 valence electrons. The van der Waals surface area contributed by atoms with Crippen molar-refractivity contribution in [1.29, 1.82) is 0 Å². The second-order valence-corrected chi connectivity index (χ2v) is 8.31. The number of hydrogen-bond donors (Lipinski definition) is 0. The molecule has 0 heterocycles. The van der Waals surface area contributed by atoms with E-state index in [1.165, 1.54) is 48.8 Å². The third-order valence-electron chi connectivity index (χ3n) is 6.31. The summed E-state index contributed by atoms with van der Waals surface area (Å²) >= 11 is 0. The normalized spacial score (nSPS) is 20.5. The Balaban J connectivity index is 0.000000739. The minimum absolute atomic E-state index is 0.803. The van der Waals surface area contributed by atoms with Gasteiger partial charge in [-0.2, -0.15) is 0 Å². The van der Waals surface area contributed by atoms with Gasteiger partial charge in [0.05, 0.1) is 0 Å². The zero-order valence-electron chi connectivity index (χ0n) is 21.7. The Morgan fingerprint density at radius 2 is 1.42 bits per heavy atom. The highest BCUT2D eigenvalue weighted by Gasteiger charge is 2.34. The van der Waals surface area contributed by atoms with Crippen molar-refractivity contribution in [2.45, 2.75) is 100 Å². The highest BCUT2D eigenvalue weighted by atomic mass is 14.4. The summed E-state index contributed by atoms with van der Waals surface area (Å²) in [6.07, 6.45) is 6.82. The van der Waals surface area contributed by atoms with E-state index in [9.17, 15) is 0 Å². The summed E-state index contributed by atoms with van der Waals surface area (Å²) < 4.78 is 0. The van der Waals surface area contributed by atoms with Crippen molar-refractivity contribution in [2.75, 3.05) is 0 Å². The summed E-state index contributed by atoms with van der Waals surface area (Å²) in [4.78, 5) is 0. The highest BCUT2D eigenvalue weighted by molar-refractivity contribution is 5.51. The van der Waals surface area contributed by atoms with Crippen LogP contribution in [0.25, 0.3) is 0 Å². The standard InChI is InChI=1S/C25H28.3C2H6/c1-17-4-7-20(8-5-17)9-10-21-16-23-12-11-22-14-18(2)6-13-24(22)25(23)15-19(21)3;3*1-2/h4-5,7-8,15-16,18,22,24H,6,11-14H2,1-3H3;3*1-2H3. The Morgan fingerprint density at radius 1 is 0.774 bits per heavy atom. The van der Waals surface area contributed by atoms with Crippen molar-refractivity contribution in [3.63, 3.8) is 0 Å².